The Bertz CT molecular complexity index is 770. The van der Waals surface area contributed by atoms with E-state index in [4.69, 9.17) is 0 Å². The summed E-state index contributed by atoms with van der Waals surface area (Å²) in [5.74, 6) is -2.64. The van der Waals surface area contributed by atoms with Gasteiger partial charge in [-0.3, -0.25) is 9.59 Å². The van der Waals surface area contributed by atoms with E-state index in [0.717, 1.165) is 28.2 Å². The molecule has 0 unspecified atom stereocenters. The third-order valence-corrected chi connectivity index (χ3v) is 3.39. The maximum Gasteiger partial charge on any atom is 0.244 e. The lowest BCUT2D eigenvalue weighted by atomic mass is 10.1. The molecule has 0 radical (unpaired) electrons. The van der Waals surface area contributed by atoms with Crippen molar-refractivity contribution in [3.05, 3.63) is 59.2 Å². The number of halogens is 2. The first-order chi connectivity index (χ1) is 11.3. The van der Waals surface area contributed by atoms with Gasteiger partial charge in [0.1, 0.15) is 18.2 Å². The monoisotopic (exact) mass is 332 g/mol. The van der Waals surface area contributed by atoms with Crippen molar-refractivity contribution in [3.8, 4) is 0 Å². The molecule has 0 bridgehead atoms. The summed E-state index contributed by atoms with van der Waals surface area (Å²) in [5, 5.41) is 2.68. The van der Waals surface area contributed by atoms with Crippen LogP contribution in [0.1, 0.15) is 18.1 Å². The Morgan fingerprint density at radius 2 is 1.67 bits per heavy atom. The van der Waals surface area contributed by atoms with E-state index in [1.807, 2.05) is 19.9 Å². The molecule has 126 valence electrons. The first-order valence-corrected chi connectivity index (χ1v) is 7.37. The Morgan fingerprint density at radius 3 is 2.21 bits per heavy atom. The summed E-state index contributed by atoms with van der Waals surface area (Å²) in [5.41, 5.74) is 2.43. The molecule has 0 spiro atoms. The van der Waals surface area contributed by atoms with Crippen LogP contribution in [0.3, 0.4) is 0 Å². The van der Waals surface area contributed by atoms with Gasteiger partial charge in [0.15, 0.2) is 0 Å². The van der Waals surface area contributed by atoms with Crippen LogP contribution in [0, 0.1) is 25.5 Å². The second kappa shape index (κ2) is 7.21. The van der Waals surface area contributed by atoms with Gasteiger partial charge in [0.2, 0.25) is 11.8 Å². The molecule has 6 heteroatoms. The predicted molar refractivity (Wildman–Crippen MR) is 88.9 cm³/mol. The molecule has 0 heterocycles. The van der Waals surface area contributed by atoms with Gasteiger partial charge in [-0.15, -0.1) is 0 Å². The molecular weight excluding hydrogens is 314 g/mol. The molecule has 0 aliphatic carbocycles. The number of nitrogens with one attached hydrogen (secondary N) is 1. The summed E-state index contributed by atoms with van der Waals surface area (Å²) in [6.45, 7) is 4.65. The highest BCUT2D eigenvalue weighted by Crippen LogP contribution is 2.21. The fourth-order valence-electron chi connectivity index (χ4n) is 2.46. The molecule has 1 N–H and O–H groups in total. The molecular formula is C18H18F2N2O2. The number of hydrogen-bond acceptors (Lipinski definition) is 2. The average Bonchev–Trinajstić information content (AvgIpc) is 2.44. The second-order valence-electron chi connectivity index (χ2n) is 5.63. The van der Waals surface area contributed by atoms with Crippen molar-refractivity contribution < 1.29 is 18.4 Å². The second-order valence-corrected chi connectivity index (χ2v) is 5.63. The molecule has 2 aromatic carbocycles. The van der Waals surface area contributed by atoms with Crippen LogP contribution in [0.25, 0.3) is 0 Å². The molecule has 0 saturated heterocycles. The Labute approximate surface area is 139 Å². The summed E-state index contributed by atoms with van der Waals surface area (Å²) in [4.78, 5) is 24.9. The van der Waals surface area contributed by atoms with Crippen LogP contribution >= 0.6 is 0 Å². The van der Waals surface area contributed by atoms with E-state index in [0.29, 0.717) is 11.8 Å². The molecule has 2 amide bonds. The van der Waals surface area contributed by atoms with Crippen LogP contribution in [0.2, 0.25) is 0 Å². The normalized spacial score (nSPS) is 10.4. The summed E-state index contributed by atoms with van der Waals surface area (Å²) in [7, 11) is 0. The Kier molecular flexibility index (Phi) is 5.28. The van der Waals surface area contributed by atoms with Gasteiger partial charge < -0.3 is 10.2 Å². The van der Waals surface area contributed by atoms with Crippen LogP contribution in [-0.2, 0) is 9.59 Å². The van der Waals surface area contributed by atoms with Crippen molar-refractivity contribution in [2.75, 3.05) is 16.8 Å². The van der Waals surface area contributed by atoms with E-state index in [2.05, 4.69) is 5.32 Å². The lowest BCUT2D eigenvalue weighted by Gasteiger charge is -2.21. The Morgan fingerprint density at radius 1 is 1.04 bits per heavy atom. The zero-order chi connectivity index (χ0) is 17.9. The molecule has 2 rings (SSSR count). The Hall–Kier alpha value is -2.76. The first kappa shape index (κ1) is 17.6. The fourth-order valence-corrected chi connectivity index (χ4v) is 2.46. The number of aryl methyl sites for hydroxylation is 2. The fraction of sp³-hybridized carbons (Fsp3) is 0.222. The van der Waals surface area contributed by atoms with Crippen LogP contribution < -0.4 is 10.2 Å². The first-order valence-electron chi connectivity index (χ1n) is 7.37. The van der Waals surface area contributed by atoms with Crippen molar-refractivity contribution in [1.82, 2.24) is 0 Å². The summed E-state index contributed by atoms with van der Waals surface area (Å²) < 4.78 is 26.9. The summed E-state index contributed by atoms with van der Waals surface area (Å²) in [6.07, 6.45) is 0. The molecule has 24 heavy (non-hydrogen) atoms. The van der Waals surface area contributed by atoms with E-state index < -0.39 is 23.4 Å². The molecule has 0 fully saturated rings. The predicted octanol–water partition coefficient (Wildman–Crippen LogP) is 3.57. The maximum atomic E-state index is 13.9. The minimum atomic E-state index is -0.899. The summed E-state index contributed by atoms with van der Waals surface area (Å²) >= 11 is 0. The quantitative estimate of drug-likeness (QED) is 0.930. The van der Waals surface area contributed by atoms with Gasteiger partial charge in [-0.2, -0.15) is 0 Å². The number of nitrogens with zero attached hydrogens (tertiary/aromatic N) is 1. The molecule has 0 aliphatic rings. The molecule has 4 nitrogen and oxygen atoms in total. The third kappa shape index (κ3) is 4.38. The van der Waals surface area contributed by atoms with E-state index in [9.17, 15) is 18.4 Å². The van der Waals surface area contributed by atoms with Crippen molar-refractivity contribution >= 4 is 23.2 Å². The minimum absolute atomic E-state index is 0.139. The van der Waals surface area contributed by atoms with Crippen LogP contribution in [0.4, 0.5) is 20.2 Å². The van der Waals surface area contributed by atoms with Gasteiger partial charge in [0.05, 0.1) is 5.69 Å². The number of benzene rings is 2. The van der Waals surface area contributed by atoms with Gasteiger partial charge in [-0.05, 0) is 49.2 Å². The minimum Gasteiger partial charge on any atom is -0.325 e. The molecule has 0 aromatic heterocycles. The van der Waals surface area contributed by atoms with E-state index in [1.54, 1.807) is 12.1 Å². The zero-order valence-electron chi connectivity index (χ0n) is 13.7. The van der Waals surface area contributed by atoms with Crippen molar-refractivity contribution in [3.63, 3.8) is 0 Å². The number of carbonyl (C=O) groups excluding carboxylic acids is 2. The standard InChI is InChI=1S/C18H18F2N2O2/c1-11-6-12(2)8-15(7-11)21-18(24)10-22(13(3)23)17-5-4-14(19)9-16(17)20/h4-9H,10H2,1-3H3,(H,21,24). The highest BCUT2D eigenvalue weighted by molar-refractivity contribution is 6.01. The van der Waals surface area contributed by atoms with E-state index >= 15 is 0 Å². The Balaban J connectivity index is 2.18. The highest BCUT2D eigenvalue weighted by Gasteiger charge is 2.19. The topological polar surface area (TPSA) is 49.4 Å². The highest BCUT2D eigenvalue weighted by atomic mass is 19.1. The number of carbonyl (C=O) groups is 2. The van der Waals surface area contributed by atoms with Crippen molar-refractivity contribution in [2.45, 2.75) is 20.8 Å². The maximum absolute atomic E-state index is 13.9. The molecule has 2 aromatic rings. The lowest BCUT2D eigenvalue weighted by molar-refractivity contribution is -0.120. The van der Waals surface area contributed by atoms with Gasteiger partial charge in [0.25, 0.3) is 0 Å². The SMILES string of the molecule is CC(=O)N(CC(=O)Nc1cc(C)cc(C)c1)c1ccc(F)cc1F. The number of anilines is 2. The van der Waals surface area contributed by atoms with Gasteiger partial charge in [0, 0.05) is 18.7 Å². The zero-order valence-corrected chi connectivity index (χ0v) is 13.7. The van der Waals surface area contributed by atoms with Gasteiger partial charge in [-0.1, -0.05) is 6.07 Å². The molecule has 0 aliphatic heterocycles. The van der Waals surface area contributed by atoms with E-state index in [-0.39, 0.29) is 12.2 Å². The molecule has 0 atom stereocenters. The molecule has 0 saturated carbocycles. The number of rotatable bonds is 4. The van der Waals surface area contributed by atoms with Gasteiger partial charge in [-0.25, -0.2) is 8.78 Å². The summed E-state index contributed by atoms with van der Waals surface area (Å²) in [6, 6.07) is 8.40. The van der Waals surface area contributed by atoms with Crippen LogP contribution in [-0.4, -0.2) is 18.4 Å². The smallest absolute Gasteiger partial charge is 0.244 e. The number of amides is 2. The van der Waals surface area contributed by atoms with Crippen molar-refractivity contribution in [2.24, 2.45) is 0 Å². The van der Waals surface area contributed by atoms with Crippen molar-refractivity contribution in [1.29, 1.82) is 0 Å². The van der Waals surface area contributed by atoms with Gasteiger partial charge >= 0.3 is 0 Å². The average molecular weight is 332 g/mol. The van der Waals surface area contributed by atoms with E-state index in [1.165, 1.54) is 6.92 Å². The third-order valence-electron chi connectivity index (χ3n) is 3.39. The largest absolute Gasteiger partial charge is 0.325 e. The van der Waals surface area contributed by atoms with Crippen LogP contribution in [0.5, 0.6) is 0 Å². The lowest BCUT2D eigenvalue weighted by Crippen LogP contribution is -2.37. The van der Waals surface area contributed by atoms with Crippen LogP contribution in [0.15, 0.2) is 36.4 Å². The number of hydrogen-bond donors (Lipinski definition) is 1.